The van der Waals surface area contributed by atoms with E-state index in [4.69, 9.17) is 14.2 Å². The van der Waals surface area contributed by atoms with Crippen LogP contribution >= 0.6 is 0 Å². The third-order valence-electron chi connectivity index (χ3n) is 4.54. The van der Waals surface area contributed by atoms with Crippen molar-refractivity contribution in [2.24, 2.45) is 0 Å². The Labute approximate surface area is 167 Å². The summed E-state index contributed by atoms with van der Waals surface area (Å²) in [6, 6.07) is 6.21. The van der Waals surface area contributed by atoms with Crippen molar-refractivity contribution in [1.29, 1.82) is 0 Å². The van der Waals surface area contributed by atoms with Crippen molar-refractivity contribution in [2.45, 2.75) is 6.54 Å². The number of nitrogens with one attached hydrogen (secondary N) is 1. The Balaban J connectivity index is 1.71. The summed E-state index contributed by atoms with van der Waals surface area (Å²) in [6.07, 6.45) is 1.67. The van der Waals surface area contributed by atoms with Gasteiger partial charge in [0.25, 0.3) is 11.6 Å². The molecule has 10 nitrogen and oxygen atoms in total. The average molecular weight is 402 g/mol. The highest BCUT2D eigenvalue weighted by Gasteiger charge is 2.24. The lowest BCUT2D eigenvalue weighted by atomic mass is 10.1. The minimum atomic E-state index is -0.629. The number of benzene rings is 1. The van der Waals surface area contributed by atoms with E-state index in [1.54, 1.807) is 6.20 Å². The molecule has 0 atom stereocenters. The van der Waals surface area contributed by atoms with E-state index in [9.17, 15) is 14.9 Å². The minimum absolute atomic E-state index is 0.106. The Morgan fingerprint density at radius 3 is 2.52 bits per heavy atom. The molecule has 0 saturated carbocycles. The molecule has 29 heavy (non-hydrogen) atoms. The van der Waals surface area contributed by atoms with Crippen molar-refractivity contribution in [1.82, 2.24) is 10.3 Å². The number of hydrogen-bond acceptors (Lipinski definition) is 8. The predicted octanol–water partition coefficient (Wildman–Crippen LogP) is 1.77. The molecule has 1 aliphatic heterocycles. The van der Waals surface area contributed by atoms with Crippen molar-refractivity contribution in [3.63, 3.8) is 0 Å². The van der Waals surface area contributed by atoms with E-state index in [1.165, 1.54) is 26.4 Å². The number of nitro benzene ring substituents is 1. The zero-order chi connectivity index (χ0) is 20.8. The van der Waals surface area contributed by atoms with Crippen LogP contribution in [0.5, 0.6) is 11.5 Å². The molecule has 154 valence electrons. The number of rotatable bonds is 7. The van der Waals surface area contributed by atoms with E-state index in [0.717, 1.165) is 24.5 Å². The van der Waals surface area contributed by atoms with Crippen LogP contribution in [0, 0.1) is 10.1 Å². The van der Waals surface area contributed by atoms with Crippen LogP contribution in [0.2, 0.25) is 0 Å². The van der Waals surface area contributed by atoms with Crippen molar-refractivity contribution in [3.8, 4) is 11.5 Å². The summed E-state index contributed by atoms with van der Waals surface area (Å²) in [5, 5.41) is 14.0. The number of nitro groups is 1. The average Bonchev–Trinajstić information content (AvgIpc) is 2.77. The molecule has 1 saturated heterocycles. The minimum Gasteiger partial charge on any atom is -0.493 e. The molecule has 1 aromatic carbocycles. The molecule has 2 aromatic rings. The van der Waals surface area contributed by atoms with Crippen molar-refractivity contribution in [2.75, 3.05) is 45.4 Å². The standard InChI is InChI=1S/C19H22N4O6/c1-27-16-9-14(15(23(25)26)10-17(16)28-2)19(24)21-12-13-3-4-18(20-11-13)22-5-7-29-8-6-22/h3-4,9-11H,5-8,12H2,1-2H3,(H,21,24). The zero-order valence-corrected chi connectivity index (χ0v) is 16.2. The fourth-order valence-corrected chi connectivity index (χ4v) is 2.98. The lowest BCUT2D eigenvalue weighted by Gasteiger charge is -2.27. The van der Waals surface area contributed by atoms with E-state index in [1.807, 2.05) is 12.1 Å². The monoisotopic (exact) mass is 402 g/mol. The summed E-state index contributed by atoms with van der Waals surface area (Å²) in [4.78, 5) is 29.9. The van der Waals surface area contributed by atoms with Gasteiger partial charge in [0.15, 0.2) is 11.5 Å². The van der Waals surface area contributed by atoms with Crippen LogP contribution in [0.1, 0.15) is 15.9 Å². The highest BCUT2D eigenvalue weighted by Crippen LogP contribution is 2.34. The number of hydrogen-bond donors (Lipinski definition) is 1. The summed E-state index contributed by atoms with van der Waals surface area (Å²) in [6.45, 7) is 3.09. The van der Waals surface area contributed by atoms with Gasteiger partial charge in [-0.1, -0.05) is 6.07 Å². The molecule has 2 heterocycles. The molecule has 10 heteroatoms. The second kappa shape index (κ2) is 9.20. The Hall–Kier alpha value is -3.40. The Morgan fingerprint density at radius 1 is 1.24 bits per heavy atom. The smallest absolute Gasteiger partial charge is 0.286 e. The molecule has 1 amide bonds. The highest BCUT2D eigenvalue weighted by atomic mass is 16.6. The molecular weight excluding hydrogens is 380 g/mol. The Kier molecular flexibility index (Phi) is 6.45. The zero-order valence-electron chi connectivity index (χ0n) is 16.2. The van der Waals surface area contributed by atoms with Gasteiger partial charge in [-0.3, -0.25) is 14.9 Å². The number of aromatic nitrogens is 1. The predicted molar refractivity (Wildman–Crippen MR) is 105 cm³/mol. The van der Waals surface area contributed by atoms with Crippen LogP contribution in [-0.2, 0) is 11.3 Å². The van der Waals surface area contributed by atoms with Gasteiger partial charge in [-0.15, -0.1) is 0 Å². The van der Waals surface area contributed by atoms with Gasteiger partial charge in [0.05, 0.1) is 38.4 Å². The molecular formula is C19H22N4O6. The van der Waals surface area contributed by atoms with Crippen LogP contribution in [0.25, 0.3) is 0 Å². The number of methoxy groups -OCH3 is 2. The summed E-state index contributed by atoms with van der Waals surface area (Å²) >= 11 is 0. The Morgan fingerprint density at radius 2 is 1.93 bits per heavy atom. The van der Waals surface area contributed by atoms with Gasteiger partial charge in [-0.25, -0.2) is 4.98 Å². The third-order valence-corrected chi connectivity index (χ3v) is 4.54. The lowest BCUT2D eigenvalue weighted by Crippen LogP contribution is -2.36. The molecule has 0 aliphatic carbocycles. The van der Waals surface area contributed by atoms with Gasteiger partial charge in [0.1, 0.15) is 11.4 Å². The van der Waals surface area contributed by atoms with E-state index in [-0.39, 0.29) is 29.3 Å². The first-order valence-corrected chi connectivity index (χ1v) is 8.99. The first-order chi connectivity index (χ1) is 14.0. The summed E-state index contributed by atoms with van der Waals surface area (Å²) in [5.74, 6) is 0.673. The van der Waals surface area contributed by atoms with Crippen molar-refractivity contribution >= 4 is 17.4 Å². The fourth-order valence-electron chi connectivity index (χ4n) is 2.98. The van der Waals surface area contributed by atoms with Crippen LogP contribution in [0.15, 0.2) is 30.5 Å². The quantitative estimate of drug-likeness (QED) is 0.550. The molecule has 1 aromatic heterocycles. The molecule has 0 spiro atoms. The van der Waals surface area contributed by atoms with Crippen LogP contribution in [-0.4, -0.2) is 56.3 Å². The topological polar surface area (TPSA) is 116 Å². The lowest BCUT2D eigenvalue weighted by molar-refractivity contribution is -0.385. The van der Waals surface area contributed by atoms with Crippen LogP contribution < -0.4 is 19.7 Å². The fraction of sp³-hybridized carbons (Fsp3) is 0.368. The molecule has 3 rings (SSSR count). The number of carbonyl (C=O) groups is 1. The van der Waals surface area contributed by atoms with E-state index >= 15 is 0 Å². The highest BCUT2D eigenvalue weighted by molar-refractivity contribution is 5.99. The number of anilines is 1. The van der Waals surface area contributed by atoms with Gasteiger partial charge in [-0.2, -0.15) is 0 Å². The molecule has 1 N–H and O–H groups in total. The summed E-state index contributed by atoms with van der Waals surface area (Å²) in [7, 11) is 2.77. The van der Waals surface area contributed by atoms with Crippen molar-refractivity contribution < 1.29 is 23.9 Å². The van der Waals surface area contributed by atoms with Gasteiger partial charge in [0, 0.05) is 31.9 Å². The number of ether oxygens (including phenoxy) is 3. The number of carbonyl (C=O) groups excluding carboxylic acids is 1. The maximum atomic E-state index is 12.6. The molecule has 1 aliphatic rings. The summed E-state index contributed by atoms with van der Waals surface area (Å²) in [5.41, 5.74) is 0.310. The van der Waals surface area contributed by atoms with Gasteiger partial charge >= 0.3 is 0 Å². The van der Waals surface area contributed by atoms with Crippen molar-refractivity contribution in [3.05, 3.63) is 51.7 Å². The molecule has 0 bridgehead atoms. The number of nitrogens with zero attached hydrogens (tertiary/aromatic N) is 3. The first kappa shape index (κ1) is 20.3. The largest absolute Gasteiger partial charge is 0.493 e. The van der Waals surface area contributed by atoms with E-state index in [2.05, 4.69) is 15.2 Å². The SMILES string of the molecule is COc1cc(C(=O)NCc2ccc(N3CCOCC3)nc2)c([N+](=O)[O-])cc1OC. The number of morpholine rings is 1. The van der Waals surface area contributed by atoms with Gasteiger partial charge in [0.2, 0.25) is 0 Å². The van der Waals surface area contributed by atoms with Gasteiger partial charge < -0.3 is 24.4 Å². The maximum absolute atomic E-state index is 12.6. The second-order valence-corrected chi connectivity index (χ2v) is 6.29. The molecule has 1 fully saturated rings. The first-order valence-electron chi connectivity index (χ1n) is 8.99. The van der Waals surface area contributed by atoms with Crippen LogP contribution in [0.3, 0.4) is 0 Å². The second-order valence-electron chi connectivity index (χ2n) is 6.29. The third kappa shape index (κ3) is 4.72. The maximum Gasteiger partial charge on any atom is 0.286 e. The van der Waals surface area contributed by atoms with Gasteiger partial charge in [-0.05, 0) is 11.6 Å². The Bertz CT molecular complexity index is 881. The number of pyridine rings is 1. The molecule has 0 radical (unpaired) electrons. The molecule has 0 unspecified atom stereocenters. The number of amides is 1. The van der Waals surface area contributed by atoms with E-state index < -0.39 is 10.8 Å². The summed E-state index contributed by atoms with van der Waals surface area (Å²) < 4.78 is 15.5. The van der Waals surface area contributed by atoms with E-state index in [0.29, 0.717) is 13.2 Å². The van der Waals surface area contributed by atoms with Crippen LogP contribution in [0.4, 0.5) is 11.5 Å². The normalized spacial score (nSPS) is 13.7.